The zero-order valence-electron chi connectivity index (χ0n) is 13.3. The second kappa shape index (κ2) is 5.25. The molecule has 0 aliphatic rings. The topological polar surface area (TPSA) is 53.1 Å². The zero-order chi connectivity index (χ0) is 16.0. The summed E-state index contributed by atoms with van der Waals surface area (Å²) >= 11 is 0. The highest BCUT2D eigenvalue weighted by Crippen LogP contribution is 2.36. The second-order valence-electron chi connectivity index (χ2n) is 5.87. The van der Waals surface area contributed by atoms with E-state index in [9.17, 15) is 0 Å². The number of rotatable bonds is 3. The van der Waals surface area contributed by atoms with Gasteiger partial charge >= 0.3 is 0 Å². The molecule has 0 spiro atoms. The molecule has 2 N–H and O–H groups in total. The number of pyridine rings is 1. The highest BCUT2D eigenvalue weighted by atomic mass is 16.5. The maximum atomic E-state index is 5.69. The van der Waals surface area contributed by atoms with Gasteiger partial charge in [-0.3, -0.25) is 4.98 Å². The first-order valence-electron chi connectivity index (χ1n) is 7.79. The van der Waals surface area contributed by atoms with Crippen molar-refractivity contribution in [2.45, 2.75) is 6.92 Å². The summed E-state index contributed by atoms with van der Waals surface area (Å²) in [7, 11) is 2.12. The van der Waals surface area contributed by atoms with Crippen molar-refractivity contribution in [1.29, 1.82) is 0 Å². The predicted molar refractivity (Wildman–Crippen MR) is 95.0 cm³/mol. The van der Waals surface area contributed by atoms with Gasteiger partial charge in [0.25, 0.3) is 0 Å². The van der Waals surface area contributed by atoms with Gasteiger partial charge in [0, 0.05) is 47.7 Å². The van der Waals surface area contributed by atoms with Gasteiger partial charge in [-0.1, -0.05) is 0 Å². The summed E-state index contributed by atoms with van der Waals surface area (Å²) in [6.45, 7) is 3.22. The molecule has 4 rings (SSSR count). The van der Waals surface area contributed by atoms with Gasteiger partial charge < -0.3 is 15.0 Å². The minimum atomic E-state index is 0.517. The van der Waals surface area contributed by atoms with E-state index in [1.54, 1.807) is 0 Å². The Bertz CT molecular complexity index is 1030. The third-order valence-corrected chi connectivity index (χ3v) is 4.51. The van der Waals surface area contributed by atoms with E-state index in [0.717, 1.165) is 5.75 Å². The Labute approximate surface area is 134 Å². The van der Waals surface area contributed by atoms with Crippen LogP contribution in [0.3, 0.4) is 0 Å². The fraction of sp³-hybridized carbons (Fsp3) is 0.211. The van der Waals surface area contributed by atoms with Gasteiger partial charge in [0.2, 0.25) is 0 Å². The molecule has 4 aromatic rings. The fourth-order valence-corrected chi connectivity index (χ4v) is 3.46. The third-order valence-electron chi connectivity index (χ3n) is 4.51. The molecular formula is C19H19N3O. The van der Waals surface area contributed by atoms with Gasteiger partial charge in [0.05, 0.1) is 5.52 Å². The number of hydrogen-bond donors (Lipinski definition) is 1. The smallest absolute Gasteiger partial charge is 0.120 e. The number of ether oxygens (including phenoxy) is 1. The minimum Gasteiger partial charge on any atom is -0.492 e. The van der Waals surface area contributed by atoms with Crippen molar-refractivity contribution >= 4 is 32.6 Å². The van der Waals surface area contributed by atoms with Crippen molar-refractivity contribution in [3.05, 3.63) is 48.3 Å². The van der Waals surface area contributed by atoms with E-state index in [-0.39, 0.29) is 0 Å². The average molecular weight is 305 g/mol. The van der Waals surface area contributed by atoms with E-state index < -0.39 is 0 Å². The van der Waals surface area contributed by atoms with Crippen molar-refractivity contribution in [1.82, 2.24) is 9.55 Å². The van der Waals surface area contributed by atoms with E-state index >= 15 is 0 Å². The Balaban J connectivity index is 2.09. The van der Waals surface area contributed by atoms with Crippen LogP contribution >= 0.6 is 0 Å². The maximum absolute atomic E-state index is 5.69. The minimum absolute atomic E-state index is 0.517. The SMILES string of the molecule is Cc1c2ccncc2cc2c3cc(OCCN)ccc3n(C)c12. The number of nitrogens with two attached hydrogens (primary N) is 1. The molecule has 0 unspecified atom stereocenters. The summed E-state index contributed by atoms with van der Waals surface area (Å²) in [5.74, 6) is 0.861. The third kappa shape index (κ3) is 2.06. The summed E-state index contributed by atoms with van der Waals surface area (Å²) in [5, 5.41) is 4.85. The van der Waals surface area contributed by atoms with Gasteiger partial charge in [-0.05, 0) is 48.2 Å². The molecule has 0 atom stereocenters. The molecule has 2 aromatic carbocycles. The van der Waals surface area contributed by atoms with Crippen LogP contribution in [0.4, 0.5) is 0 Å². The molecule has 0 aliphatic heterocycles. The van der Waals surface area contributed by atoms with Gasteiger partial charge in [0.1, 0.15) is 12.4 Å². The van der Waals surface area contributed by atoms with Gasteiger partial charge in [-0.2, -0.15) is 0 Å². The fourth-order valence-electron chi connectivity index (χ4n) is 3.46. The van der Waals surface area contributed by atoms with Crippen LogP contribution in [0.25, 0.3) is 32.6 Å². The van der Waals surface area contributed by atoms with E-state index in [0.29, 0.717) is 13.2 Å². The van der Waals surface area contributed by atoms with Crippen LogP contribution in [0.15, 0.2) is 42.7 Å². The van der Waals surface area contributed by atoms with Crippen LogP contribution in [0.2, 0.25) is 0 Å². The van der Waals surface area contributed by atoms with Gasteiger partial charge in [-0.25, -0.2) is 0 Å². The number of aromatic nitrogens is 2. The number of aryl methyl sites for hydroxylation is 2. The Kier molecular flexibility index (Phi) is 3.20. The van der Waals surface area contributed by atoms with Crippen LogP contribution in [-0.2, 0) is 7.05 Å². The largest absolute Gasteiger partial charge is 0.492 e. The first-order valence-corrected chi connectivity index (χ1v) is 7.79. The van der Waals surface area contributed by atoms with Gasteiger partial charge in [0.15, 0.2) is 0 Å². The molecule has 0 radical (unpaired) electrons. The van der Waals surface area contributed by atoms with Crippen molar-refractivity contribution in [3.8, 4) is 5.75 Å². The van der Waals surface area contributed by atoms with Crippen LogP contribution in [0, 0.1) is 6.92 Å². The molecule has 2 heterocycles. The molecule has 0 saturated heterocycles. The summed E-state index contributed by atoms with van der Waals surface area (Å²) in [4.78, 5) is 4.26. The summed E-state index contributed by atoms with van der Waals surface area (Å²) in [6.07, 6.45) is 3.78. The standard InChI is InChI=1S/C19H19N3O/c1-12-15-5-7-21-11-13(15)9-17-16-10-14(23-8-6-20)3-4-18(16)22(2)19(12)17/h3-5,7,9-11H,6,8,20H2,1-2H3. The molecule has 4 heteroatoms. The zero-order valence-corrected chi connectivity index (χ0v) is 13.3. The van der Waals surface area contributed by atoms with E-state index in [1.807, 2.05) is 18.5 Å². The van der Waals surface area contributed by atoms with Crippen molar-refractivity contribution < 1.29 is 4.74 Å². The van der Waals surface area contributed by atoms with Crippen LogP contribution in [0.5, 0.6) is 5.75 Å². The molecule has 0 bridgehead atoms. The lowest BCUT2D eigenvalue weighted by Crippen LogP contribution is -2.10. The lowest BCUT2D eigenvalue weighted by molar-refractivity contribution is 0.329. The monoisotopic (exact) mass is 305 g/mol. The van der Waals surface area contributed by atoms with Crippen LogP contribution in [-0.4, -0.2) is 22.7 Å². The summed E-state index contributed by atoms with van der Waals surface area (Å²) < 4.78 is 7.95. The highest BCUT2D eigenvalue weighted by molar-refractivity contribution is 6.14. The van der Waals surface area contributed by atoms with E-state index in [1.165, 1.54) is 38.1 Å². The molecule has 0 amide bonds. The van der Waals surface area contributed by atoms with E-state index in [2.05, 4.69) is 47.8 Å². The number of benzene rings is 2. The second-order valence-corrected chi connectivity index (χ2v) is 5.87. The number of hydrogen-bond acceptors (Lipinski definition) is 3. The Morgan fingerprint density at radius 1 is 1.13 bits per heavy atom. The van der Waals surface area contributed by atoms with Gasteiger partial charge in [-0.15, -0.1) is 0 Å². The molecule has 2 aromatic heterocycles. The maximum Gasteiger partial charge on any atom is 0.120 e. The first-order chi connectivity index (χ1) is 11.2. The molecular weight excluding hydrogens is 286 g/mol. The Hall–Kier alpha value is -2.59. The quantitative estimate of drug-likeness (QED) is 0.630. The Morgan fingerprint density at radius 2 is 2.00 bits per heavy atom. The molecule has 116 valence electrons. The van der Waals surface area contributed by atoms with Crippen molar-refractivity contribution in [3.63, 3.8) is 0 Å². The first kappa shape index (κ1) is 14.0. The normalized spacial score (nSPS) is 11.6. The molecule has 0 fully saturated rings. The average Bonchev–Trinajstić information content (AvgIpc) is 2.86. The molecule has 0 aliphatic carbocycles. The van der Waals surface area contributed by atoms with E-state index in [4.69, 9.17) is 10.5 Å². The molecule has 0 saturated carbocycles. The van der Waals surface area contributed by atoms with Crippen molar-refractivity contribution in [2.24, 2.45) is 12.8 Å². The highest BCUT2D eigenvalue weighted by Gasteiger charge is 2.13. The summed E-state index contributed by atoms with van der Waals surface area (Å²) in [6, 6.07) is 10.5. The predicted octanol–water partition coefficient (Wildman–Crippen LogP) is 3.53. The lowest BCUT2D eigenvalue weighted by atomic mass is 10.0. The number of nitrogens with zero attached hydrogens (tertiary/aromatic N) is 2. The number of fused-ring (bicyclic) bond motifs is 4. The molecule has 23 heavy (non-hydrogen) atoms. The Morgan fingerprint density at radius 3 is 2.83 bits per heavy atom. The van der Waals surface area contributed by atoms with Crippen molar-refractivity contribution in [2.75, 3.05) is 13.2 Å². The lowest BCUT2D eigenvalue weighted by Gasteiger charge is -2.06. The van der Waals surface area contributed by atoms with Crippen LogP contribution < -0.4 is 10.5 Å². The van der Waals surface area contributed by atoms with Crippen LogP contribution in [0.1, 0.15) is 5.56 Å². The molecule has 4 nitrogen and oxygen atoms in total. The summed E-state index contributed by atoms with van der Waals surface area (Å²) in [5.41, 5.74) is 9.27.